The molecule has 0 saturated carbocycles. The van der Waals surface area contributed by atoms with Crippen LogP contribution in [-0.4, -0.2) is 19.1 Å². The molecule has 45 heavy (non-hydrogen) atoms. The average molecular weight is 575 g/mol. The van der Waals surface area contributed by atoms with E-state index in [0.29, 0.717) is 5.95 Å². The fourth-order valence-electron chi connectivity index (χ4n) is 7.56. The van der Waals surface area contributed by atoms with Crippen LogP contribution in [0.3, 0.4) is 0 Å². The maximum atomic E-state index is 5.43. The molecule has 0 atom stereocenters. The van der Waals surface area contributed by atoms with Crippen LogP contribution in [-0.2, 0) is 6.54 Å². The summed E-state index contributed by atoms with van der Waals surface area (Å²) in [6.07, 6.45) is 2.00. The van der Waals surface area contributed by atoms with Gasteiger partial charge in [0.1, 0.15) is 0 Å². The van der Waals surface area contributed by atoms with Crippen LogP contribution in [0.5, 0.6) is 0 Å². The summed E-state index contributed by atoms with van der Waals surface area (Å²) in [6.45, 7) is 5.09. The van der Waals surface area contributed by atoms with Crippen LogP contribution in [0.4, 0.5) is 0 Å². The van der Waals surface area contributed by atoms with Crippen LogP contribution in [0.1, 0.15) is 11.3 Å². The third-order valence-electron chi connectivity index (χ3n) is 9.52. The van der Waals surface area contributed by atoms with Crippen LogP contribution in [0.2, 0.25) is 0 Å². The minimum atomic E-state index is 0.668. The van der Waals surface area contributed by atoms with Gasteiger partial charge in [0.05, 0.1) is 33.6 Å². The van der Waals surface area contributed by atoms with Gasteiger partial charge in [0, 0.05) is 33.8 Å². The van der Waals surface area contributed by atoms with Crippen LogP contribution in [0.25, 0.3) is 88.8 Å². The van der Waals surface area contributed by atoms with Crippen molar-refractivity contribution in [3.05, 3.63) is 145 Å². The lowest BCUT2D eigenvalue weighted by Gasteiger charge is -2.13. The van der Waals surface area contributed by atoms with Gasteiger partial charge in [-0.15, -0.1) is 0 Å². The van der Waals surface area contributed by atoms with E-state index in [1.165, 1.54) is 49.1 Å². The molecule has 4 heteroatoms. The second-order valence-electron chi connectivity index (χ2n) is 11.9. The van der Waals surface area contributed by atoms with E-state index in [1.807, 2.05) is 6.08 Å². The van der Waals surface area contributed by atoms with Crippen molar-refractivity contribution in [2.75, 3.05) is 0 Å². The number of rotatable bonds is 3. The summed E-state index contributed by atoms with van der Waals surface area (Å²) in [4.78, 5) is 10.7. The largest absolute Gasteiger partial charge is 0.334 e. The maximum absolute atomic E-state index is 5.43. The zero-order valence-electron chi connectivity index (χ0n) is 24.4. The summed E-state index contributed by atoms with van der Waals surface area (Å²) in [7, 11) is 0. The smallest absolute Gasteiger partial charge is 0.235 e. The molecular formula is C41H26N4. The van der Waals surface area contributed by atoms with E-state index in [4.69, 9.17) is 9.97 Å². The minimum absolute atomic E-state index is 0.668. The predicted molar refractivity (Wildman–Crippen MR) is 187 cm³/mol. The number of benzene rings is 6. The second-order valence-corrected chi connectivity index (χ2v) is 11.9. The molecule has 0 radical (unpaired) electrons. The molecule has 10 rings (SSSR count). The van der Waals surface area contributed by atoms with Crippen molar-refractivity contribution in [2.45, 2.75) is 6.54 Å². The van der Waals surface area contributed by atoms with Crippen LogP contribution < -0.4 is 0 Å². The van der Waals surface area contributed by atoms with Gasteiger partial charge >= 0.3 is 0 Å². The zero-order valence-corrected chi connectivity index (χ0v) is 24.4. The summed E-state index contributed by atoms with van der Waals surface area (Å²) >= 11 is 0. The molecule has 0 N–H and O–H groups in total. The third kappa shape index (κ3) is 3.31. The van der Waals surface area contributed by atoms with E-state index in [1.54, 1.807) is 0 Å². The lowest BCUT2D eigenvalue weighted by Crippen LogP contribution is -2.04. The molecule has 6 aromatic carbocycles. The van der Waals surface area contributed by atoms with E-state index < -0.39 is 0 Å². The first-order chi connectivity index (χ1) is 22.3. The summed E-state index contributed by atoms with van der Waals surface area (Å²) in [5.41, 5.74) is 10.0. The molecule has 4 nitrogen and oxygen atoms in total. The second kappa shape index (κ2) is 9.01. The summed E-state index contributed by atoms with van der Waals surface area (Å²) in [5.74, 6) is 0.668. The maximum Gasteiger partial charge on any atom is 0.235 e. The van der Waals surface area contributed by atoms with E-state index >= 15 is 0 Å². The Labute approximate surface area is 259 Å². The topological polar surface area (TPSA) is 35.6 Å². The van der Waals surface area contributed by atoms with Gasteiger partial charge in [-0.25, -0.2) is 9.97 Å². The van der Waals surface area contributed by atoms with Gasteiger partial charge < -0.3 is 4.57 Å². The molecule has 1 aliphatic heterocycles. The molecule has 4 heterocycles. The van der Waals surface area contributed by atoms with Crippen molar-refractivity contribution < 1.29 is 0 Å². The quantitative estimate of drug-likeness (QED) is 0.197. The molecule has 0 saturated heterocycles. The van der Waals surface area contributed by atoms with Crippen LogP contribution >= 0.6 is 0 Å². The molecule has 3 aromatic heterocycles. The fourth-order valence-corrected chi connectivity index (χ4v) is 7.56. The first kappa shape index (κ1) is 24.4. The number of aromatic nitrogens is 4. The van der Waals surface area contributed by atoms with Crippen molar-refractivity contribution in [2.24, 2.45) is 0 Å². The number of para-hydroxylation sites is 2. The van der Waals surface area contributed by atoms with Gasteiger partial charge in [-0.1, -0.05) is 116 Å². The van der Waals surface area contributed by atoms with Crippen LogP contribution in [0.15, 0.2) is 134 Å². The Morgan fingerprint density at radius 3 is 2.24 bits per heavy atom. The highest BCUT2D eigenvalue weighted by atomic mass is 15.2. The van der Waals surface area contributed by atoms with Gasteiger partial charge in [-0.2, -0.15) is 0 Å². The standard InChI is InChI=1S/C41H26N4/c1-2-35-37-32-16-8-10-18-36(32)45(40(37)39-30-14-6-4-12-28(30)24-44(35)39)41-42-34-17-9-7-15-31(34)38(43-41)27-22-21-26-20-19-25-11-3-5-13-29(25)33(26)23-27/h2-23H,1,24H2. The molecule has 0 bridgehead atoms. The normalized spacial score (nSPS) is 12.4. The molecule has 0 amide bonds. The van der Waals surface area contributed by atoms with E-state index in [9.17, 15) is 0 Å². The third-order valence-corrected chi connectivity index (χ3v) is 9.52. The van der Waals surface area contributed by atoms with E-state index in [-0.39, 0.29) is 0 Å². The van der Waals surface area contributed by atoms with Crippen molar-refractivity contribution in [1.82, 2.24) is 19.1 Å². The molecule has 0 unspecified atom stereocenters. The molecule has 0 aliphatic carbocycles. The van der Waals surface area contributed by atoms with Crippen molar-refractivity contribution in [3.8, 4) is 28.5 Å². The van der Waals surface area contributed by atoms with Crippen molar-refractivity contribution in [3.63, 3.8) is 0 Å². The highest BCUT2D eigenvalue weighted by Gasteiger charge is 2.30. The number of hydrogen-bond acceptors (Lipinski definition) is 2. The van der Waals surface area contributed by atoms with Crippen molar-refractivity contribution in [1.29, 1.82) is 0 Å². The van der Waals surface area contributed by atoms with Crippen molar-refractivity contribution >= 4 is 60.3 Å². The Bertz CT molecular complexity index is 2710. The molecule has 0 fully saturated rings. The van der Waals surface area contributed by atoms with E-state index in [2.05, 4.69) is 143 Å². The van der Waals surface area contributed by atoms with E-state index in [0.717, 1.165) is 45.4 Å². The SMILES string of the molecule is C=Cc1c2c3ccccc3n(-c3nc(-c4ccc5ccc6ccccc6c5c4)c4ccccc4n3)c2c2n1Cc1ccccc1-2. The molecular weight excluding hydrogens is 548 g/mol. The lowest BCUT2D eigenvalue weighted by atomic mass is 9.98. The fraction of sp³-hybridized carbons (Fsp3) is 0.0244. The molecule has 9 aromatic rings. The predicted octanol–water partition coefficient (Wildman–Crippen LogP) is 10.2. The Morgan fingerprint density at radius 1 is 0.644 bits per heavy atom. The van der Waals surface area contributed by atoms with Crippen LogP contribution in [0, 0.1) is 0 Å². The van der Waals surface area contributed by atoms with Gasteiger partial charge in [-0.05, 0) is 51.4 Å². The van der Waals surface area contributed by atoms with Gasteiger partial charge in [-0.3, -0.25) is 4.57 Å². The highest BCUT2D eigenvalue weighted by molar-refractivity contribution is 6.18. The summed E-state index contributed by atoms with van der Waals surface area (Å²) in [5, 5.41) is 8.33. The molecule has 1 aliphatic rings. The minimum Gasteiger partial charge on any atom is -0.334 e. The number of hydrogen-bond donors (Lipinski definition) is 0. The Morgan fingerprint density at radius 2 is 1.36 bits per heavy atom. The average Bonchev–Trinajstić information content (AvgIpc) is 3.73. The zero-order chi connectivity index (χ0) is 29.6. The number of nitrogens with zero attached hydrogens (tertiary/aromatic N) is 4. The monoisotopic (exact) mass is 574 g/mol. The Hall–Kier alpha value is -6.00. The lowest BCUT2D eigenvalue weighted by molar-refractivity contribution is 0.845. The van der Waals surface area contributed by atoms with Gasteiger partial charge in [0.15, 0.2) is 0 Å². The summed E-state index contributed by atoms with van der Waals surface area (Å²) in [6, 6.07) is 45.4. The Balaban J connectivity index is 1.32. The first-order valence-electron chi connectivity index (χ1n) is 15.3. The van der Waals surface area contributed by atoms with Gasteiger partial charge in [0.25, 0.3) is 0 Å². The summed E-state index contributed by atoms with van der Waals surface area (Å²) < 4.78 is 4.68. The highest BCUT2D eigenvalue weighted by Crippen LogP contribution is 2.46. The Kier molecular flexibility index (Phi) is 4.89. The molecule has 0 spiro atoms. The number of fused-ring (bicyclic) bond motifs is 11. The first-order valence-corrected chi connectivity index (χ1v) is 15.3. The molecule has 210 valence electrons. The van der Waals surface area contributed by atoms with Gasteiger partial charge in [0.2, 0.25) is 5.95 Å².